The first-order valence-corrected chi connectivity index (χ1v) is 4.88. The molecular weight excluding hydrogens is 224 g/mol. The van der Waals surface area contributed by atoms with Crippen LogP contribution in [0.4, 0.5) is 5.69 Å². The van der Waals surface area contributed by atoms with Crippen LogP contribution < -0.4 is 5.73 Å². The van der Waals surface area contributed by atoms with Gasteiger partial charge in [0, 0.05) is 12.1 Å². The highest BCUT2D eigenvalue weighted by atomic mass is 16.6. The van der Waals surface area contributed by atoms with Crippen molar-refractivity contribution in [2.45, 2.75) is 13.0 Å². The normalized spacial score (nSPS) is 12.4. The molecule has 0 saturated heterocycles. The van der Waals surface area contributed by atoms with Crippen molar-refractivity contribution in [3.05, 3.63) is 40.2 Å². The lowest BCUT2D eigenvalue weighted by Gasteiger charge is -2.06. The number of nitrogens with two attached hydrogens (primary N) is 1. The molecule has 1 aromatic carbocycles. The maximum atomic E-state index is 10.5. The molecule has 1 atom stereocenters. The molecule has 0 radical (unpaired) electrons. The van der Waals surface area contributed by atoms with E-state index in [9.17, 15) is 10.1 Å². The van der Waals surface area contributed by atoms with Gasteiger partial charge in [-0.3, -0.25) is 10.1 Å². The van der Waals surface area contributed by atoms with Gasteiger partial charge < -0.3 is 5.73 Å². The molecule has 1 unspecified atom stereocenters. The average molecular weight is 234 g/mol. The molecule has 0 saturated carbocycles. The fraction of sp³-hybridized carbons (Fsp3) is 0.222. The third-order valence-corrected chi connectivity index (χ3v) is 2.21. The Labute approximate surface area is 96.2 Å². The highest BCUT2D eigenvalue weighted by Crippen LogP contribution is 2.16. The molecule has 17 heavy (non-hydrogen) atoms. The van der Waals surface area contributed by atoms with E-state index < -0.39 is 4.92 Å². The Morgan fingerprint density at radius 2 is 2.06 bits per heavy atom. The molecule has 8 heteroatoms. The summed E-state index contributed by atoms with van der Waals surface area (Å²) in [6.45, 7) is 1.76. The number of hydrogen-bond acceptors (Lipinski definition) is 6. The lowest BCUT2D eigenvalue weighted by molar-refractivity contribution is -0.384. The smallest absolute Gasteiger partial charge is 0.269 e. The number of tetrazole rings is 1. The number of aromatic nitrogens is 4. The molecule has 0 bridgehead atoms. The zero-order valence-electron chi connectivity index (χ0n) is 9.02. The molecule has 8 nitrogen and oxygen atoms in total. The van der Waals surface area contributed by atoms with E-state index in [4.69, 9.17) is 5.73 Å². The van der Waals surface area contributed by atoms with Crippen molar-refractivity contribution in [1.82, 2.24) is 20.2 Å². The Kier molecular flexibility index (Phi) is 2.79. The molecular formula is C9H10N6O2. The predicted molar refractivity (Wildman–Crippen MR) is 58.4 cm³/mol. The summed E-state index contributed by atoms with van der Waals surface area (Å²) in [5, 5.41) is 21.6. The van der Waals surface area contributed by atoms with E-state index in [-0.39, 0.29) is 11.7 Å². The van der Waals surface area contributed by atoms with Crippen molar-refractivity contribution in [2.24, 2.45) is 5.73 Å². The molecule has 0 amide bonds. The second kappa shape index (κ2) is 4.26. The van der Waals surface area contributed by atoms with Crippen LogP contribution in [-0.2, 0) is 0 Å². The summed E-state index contributed by atoms with van der Waals surface area (Å²) in [5.74, 6) is 0.499. The summed E-state index contributed by atoms with van der Waals surface area (Å²) in [6, 6.07) is 5.60. The average Bonchev–Trinajstić information content (AvgIpc) is 2.78. The lowest BCUT2D eigenvalue weighted by atomic mass is 10.2. The summed E-state index contributed by atoms with van der Waals surface area (Å²) in [4.78, 5) is 10.0. The molecule has 0 aliphatic heterocycles. The Balaban J connectivity index is 2.40. The van der Waals surface area contributed by atoms with Crippen LogP contribution in [0.25, 0.3) is 5.69 Å². The van der Waals surface area contributed by atoms with Gasteiger partial charge in [-0.25, -0.2) is 0 Å². The fourth-order valence-electron chi connectivity index (χ4n) is 1.38. The number of nitrogens with zero attached hydrogens (tertiary/aromatic N) is 5. The molecule has 2 aromatic rings. The Morgan fingerprint density at radius 3 is 2.59 bits per heavy atom. The van der Waals surface area contributed by atoms with Gasteiger partial charge in [0.25, 0.3) is 5.69 Å². The van der Waals surface area contributed by atoms with Crippen molar-refractivity contribution in [3.8, 4) is 5.69 Å². The van der Waals surface area contributed by atoms with E-state index in [1.165, 1.54) is 16.8 Å². The van der Waals surface area contributed by atoms with Gasteiger partial charge in [-0.1, -0.05) is 0 Å². The Morgan fingerprint density at radius 1 is 1.41 bits per heavy atom. The first-order valence-electron chi connectivity index (χ1n) is 4.88. The zero-order chi connectivity index (χ0) is 12.4. The Hall–Kier alpha value is -2.35. The van der Waals surface area contributed by atoms with Gasteiger partial charge in [-0.2, -0.15) is 4.68 Å². The standard InChI is InChI=1S/C9H10N6O2/c1-6(10)9-11-12-13-14(9)7-2-4-8(5-3-7)15(16)17/h2-6H,10H2,1H3. The van der Waals surface area contributed by atoms with E-state index in [0.29, 0.717) is 11.5 Å². The van der Waals surface area contributed by atoms with Crippen LogP contribution in [-0.4, -0.2) is 25.1 Å². The van der Waals surface area contributed by atoms with Gasteiger partial charge in [0.15, 0.2) is 5.82 Å². The molecule has 0 aliphatic carbocycles. The number of benzene rings is 1. The van der Waals surface area contributed by atoms with E-state index >= 15 is 0 Å². The first-order chi connectivity index (χ1) is 8.09. The van der Waals surface area contributed by atoms with Crippen molar-refractivity contribution < 1.29 is 4.92 Å². The maximum Gasteiger partial charge on any atom is 0.269 e. The predicted octanol–water partition coefficient (Wildman–Crippen LogP) is 0.590. The van der Waals surface area contributed by atoms with Crippen molar-refractivity contribution in [1.29, 1.82) is 0 Å². The second-order valence-corrected chi connectivity index (χ2v) is 3.51. The van der Waals surface area contributed by atoms with Crippen molar-refractivity contribution in [3.63, 3.8) is 0 Å². The van der Waals surface area contributed by atoms with Crippen LogP contribution >= 0.6 is 0 Å². The molecule has 1 aromatic heterocycles. The summed E-state index contributed by atoms with van der Waals surface area (Å²) >= 11 is 0. The highest BCUT2D eigenvalue weighted by Gasteiger charge is 2.13. The third kappa shape index (κ3) is 2.11. The molecule has 2 rings (SSSR count). The van der Waals surface area contributed by atoms with Gasteiger partial charge in [-0.05, 0) is 29.5 Å². The summed E-state index contributed by atoms with van der Waals surface area (Å²) in [5.41, 5.74) is 6.35. The number of rotatable bonds is 3. The van der Waals surface area contributed by atoms with Crippen LogP contribution in [0.15, 0.2) is 24.3 Å². The SMILES string of the molecule is CC(N)c1nnnn1-c1ccc([N+](=O)[O-])cc1. The van der Waals surface area contributed by atoms with E-state index in [2.05, 4.69) is 15.5 Å². The quantitative estimate of drug-likeness (QED) is 0.614. The molecule has 0 aliphatic rings. The van der Waals surface area contributed by atoms with E-state index in [1.54, 1.807) is 19.1 Å². The second-order valence-electron chi connectivity index (χ2n) is 3.51. The summed E-state index contributed by atoms with van der Waals surface area (Å²) in [7, 11) is 0. The highest BCUT2D eigenvalue weighted by molar-refractivity contribution is 5.40. The summed E-state index contributed by atoms with van der Waals surface area (Å²) in [6.07, 6.45) is 0. The van der Waals surface area contributed by atoms with Crippen molar-refractivity contribution in [2.75, 3.05) is 0 Å². The number of nitro benzene ring substituents is 1. The zero-order valence-corrected chi connectivity index (χ0v) is 9.02. The van der Waals surface area contributed by atoms with Crippen molar-refractivity contribution >= 4 is 5.69 Å². The number of non-ortho nitro benzene ring substituents is 1. The molecule has 1 heterocycles. The monoisotopic (exact) mass is 234 g/mol. The van der Waals surface area contributed by atoms with Gasteiger partial charge in [-0.15, -0.1) is 5.10 Å². The van der Waals surface area contributed by atoms with E-state index in [1.807, 2.05) is 0 Å². The van der Waals surface area contributed by atoms with Gasteiger partial charge in [0.05, 0.1) is 16.7 Å². The third-order valence-electron chi connectivity index (χ3n) is 2.21. The Bertz CT molecular complexity index is 533. The van der Waals surface area contributed by atoms with Crippen LogP contribution in [0.1, 0.15) is 18.8 Å². The minimum absolute atomic E-state index is 0.0178. The summed E-state index contributed by atoms with van der Waals surface area (Å²) < 4.78 is 1.45. The topological polar surface area (TPSA) is 113 Å². The maximum absolute atomic E-state index is 10.5. The number of nitro groups is 1. The van der Waals surface area contributed by atoms with Gasteiger partial charge >= 0.3 is 0 Å². The van der Waals surface area contributed by atoms with Crippen LogP contribution in [0.3, 0.4) is 0 Å². The first kappa shape index (κ1) is 11.1. The molecule has 0 fully saturated rings. The number of hydrogen-bond donors (Lipinski definition) is 1. The molecule has 0 spiro atoms. The minimum atomic E-state index is -0.462. The molecule has 88 valence electrons. The fourth-order valence-corrected chi connectivity index (χ4v) is 1.38. The largest absolute Gasteiger partial charge is 0.321 e. The molecule has 2 N–H and O–H groups in total. The van der Waals surface area contributed by atoms with Crippen LogP contribution in [0.2, 0.25) is 0 Å². The van der Waals surface area contributed by atoms with E-state index in [0.717, 1.165) is 0 Å². The van der Waals surface area contributed by atoms with Gasteiger partial charge in [0.1, 0.15) is 0 Å². The van der Waals surface area contributed by atoms with Gasteiger partial charge in [0.2, 0.25) is 0 Å². The lowest BCUT2D eigenvalue weighted by Crippen LogP contribution is -2.13. The van der Waals surface area contributed by atoms with Crippen LogP contribution in [0.5, 0.6) is 0 Å². The van der Waals surface area contributed by atoms with Crippen LogP contribution in [0, 0.1) is 10.1 Å². The minimum Gasteiger partial charge on any atom is -0.321 e.